The summed E-state index contributed by atoms with van der Waals surface area (Å²) < 4.78 is 19.6. The molecule has 4 atom stereocenters. The van der Waals surface area contributed by atoms with Gasteiger partial charge in [-0.2, -0.15) is 0 Å². The molecule has 0 amide bonds. The molecule has 2 N–H and O–H groups in total. The monoisotopic (exact) mass is 306 g/mol. The van der Waals surface area contributed by atoms with Crippen molar-refractivity contribution in [2.24, 2.45) is 0 Å². The zero-order valence-corrected chi connectivity index (χ0v) is 11.9. The molecular formula is C12H18O9. The van der Waals surface area contributed by atoms with E-state index in [0.29, 0.717) is 0 Å². The van der Waals surface area contributed by atoms with Crippen LogP contribution in [0.5, 0.6) is 0 Å². The first-order valence-electron chi connectivity index (χ1n) is 6.18. The molecule has 21 heavy (non-hydrogen) atoms. The Labute approximate surface area is 120 Å². The minimum absolute atomic E-state index is 0.599. The second-order valence-electron chi connectivity index (χ2n) is 4.57. The lowest BCUT2D eigenvalue weighted by Gasteiger charge is -2.28. The molecule has 1 unspecified atom stereocenters. The van der Waals surface area contributed by atoms with Crippen LogP contribution in [0.25, 0.3) is 0 Å². The minimum atomic E-state index is -2.22. The van der Waals surface area contributed by atoms with Crippen LogP contribution in [0, 0.1) is 0 Å². The second-order valence-corrected chi connectivity index (χ2v) is 4.57. The number of carbonyl (C=O) groups excluding carboxylic acids is 3. The van der Waals surface area contributed by atoms with Crippen molar-refractivity contribution in [3.63, 3.8) is 0 Å². The maximum absolute atomic E-state index is 11.2. The molecule has 1 rings (SSSR count). The summed E-state index contributed by atoms with van der Waals surface area (Å²) in [6, 6.07) is 0. The fourth-order valence-corrected chi connectivity index (χ4v) is 1.98. The third kappa shape index (κ3) is 4.38. The van der Waals surface area contributed by atoms with Crippen LogP contribution in [-0.4, -0.2) is 65.4 Å². The summed E-state index contributed by atoms with van der Waals surface area (Å²) in [7, 11) is 0. The van der Waals surface area contributed by atoms with Gasteiger partial charge in [0.05, 0.1) is 6.61 Å². The Hall–Kier alpha value is -1.71. The number of carbonyl (C=O) groups is 3. The van der Waals surface area contributed by atoms with Crippen molar-refractivity contribution in [3.8, 4) is 0 Å². The van der Waals surface area contributed by atoms with Gasteiger partial charge in [-0.15, -0.1) is 0 Å². The number of rotatable bonds is 5. The smallest absolute Gasteiger partial charge is 0.303 e. The van der Waals surface area contributed by atoms with Gasteiger partial charge in [-0.05, 0) is 0 Å². The van der Waals surface area contributed by atoms with E-state index in [4.69, 9.17) is 14.2 Å². The Bertz CT molecular complexity index is 421. The zero-order chi connectivity index (χ0) is 16.2. The van der Waals surface area contributed by atoms with Crippen LogP contribution in [-0.2, 0) is 33.3 Å². The van der Waals surface area contributed by atoms with Crippen LogP contribution < -0.4 is 0 Å². The summed E-state index contributed by atoms with van der Waals surface area (Å²) in [4.78, 5) is 33.1. The van der Waals surface area contributed by atoms with E-state index in [-0.39, 0.29) is 0 Å². The van der Waals surface area contributed by atoms with Crippen LogP contribution >= 0.6 is 0 Å². The normalized spacial score (nSPS) is 31.6. The SMILES string of the molecule is CC(=O)OCC1(O)O[C@H](CO)[C@@H](OC(C)=O)[C@@H]1OC(C)=O. The summed E-state index contributed by atoms with van der Waals surface area (Å²) in [6.07, 6.45) is -3.79. The summed E-state index contributed by atoms with van der Waals surface area (Å²) >= 11 is 0. The summed E-state index contributed by atoms with van der Waals surface area (Å²) in [5.41, 5.74) is 0. The van der Waals surface area contributed by atoms with Crippen LogP contribution in [0.2, 0.25) is 0 Å². The quantitative estimate of drug-likeness (QED) is 0.460. The maximum atomic E-state index is 11.2. The topological polar surface area (TPSA) is 129 Å². The van der Waals surface area contributed by atoms with Crippen LogP contribution in [0.1, 0.15) is 20.8 Å². The maximum Gasteiger partial charge on any atom is 0.303 e. The minimum Gasteiger partial charge on any atom is -0.460 e. The summed E-state index contributed by atoms with van der Waals surface area (Å²) in [6.45, 7) is 2.07. The second kappa shape index (κ2) is 6.83. The zero-order valence-electron chi connectivity index (χ0n) is 11.9. The van der Waals surface area contributed by atoms with E-state index in [1.54, 1.807) is 0 Å². The highest BCUT2D eigenvalue weighted by atomic mass is 16.7. The number of hydrogen-bond donors (Lipinski definition) is 2. The standard InChI is InChI=1S/C12H18O9/c1-6(14)18-5-12(17)11(20-8(3)16)10(19-7(2)15)9(4-13)21-12/h9-11,13,17H,4-5H2,1-3H3/t9-,10-,11+,12?/m1/s1. The summed E-state index contributed by atoms with van der Waals surface area (Å²) in [5, 5.41) is 19.6. The molecule has 0 aromatic rings. The number of aliphatic hydroxyl groups is 2. The van der Waals surface area contributed by atoms with Crippen molar-refractivity contribution in [2.45, 2.75) is 44.9 Å². The highest BCUT2D eigenvalue weighted by molar-refractivity contribution is 5.68. The van der Waals surface area contributed by atoms with Crippen molar-refractivity contribution in [1.29, 1.82) is 0 Å². The van der Waals surface area contributed by atoms with Crippen molar-refractivity contribution in [2.75, 3.05) is 13.2 Å². The van der Waals surface area contributed by atoms with E-state index in [0.717, 1.165) is 20.8 Å². The van der Waals surface area contributed by atoms with Gasteiger partial charge in [0.2, 0.25) is 5.79 Å². The first-order valence-corrected chi connectivity index (χ1v) is 6.18. The van der Waals surface area contributed by atoms with E-state index in [2.05, 4.69) is 4.74 Å². The Morgan fingerprint density at radius 2 is 1.67 bits per heavy atom. The Morgan fingerprint density at radius 3 is 2.10 bits per heavy atom. The fourth-order valence-electron chi connectivity index (χ4n) is 1.98. The Balaban J connectivity index is 3.01. The number of esters is 3. The molecule has 1 heterocycles. The lowest BCUT2D eigenvalue weighted by Crippen LogP contribution is -2.50. The van der Waals surface area contributed by atoms with Gasteiger partial charge >= 0.3 is 17.9 Å². The van der Waals surface area contributed by atoms with E-state index < -0.39 is 55.2 Å². The predicted octanol–water partition coefficient (Wildman–Crippen LogP) is -1.51. The molecule has 120 valence electrons. The molecule has 9 nitrogen and oxygen atoms in total. The average Bonchev–Trinajstić information content (AvgIpc) is 2.61. The third-order valence-corrected chi connectivity index (χ3v) is 2.72. The lowest BCUT2D eigenvalue weighted by molar-refractivity contribution is -0.257. The Morgan fingerprint density at radius 1 is 1.10 bits per heavy atom. The van der Waals surface area contributed by atoms with E-state index in [1.807, 2.05) is 0 Å². The molecule has 1 aliphatic rings. The van der Waals surface area contributed by atoms with Crippen molar-refractivity contribution >= 4 is 17.9 Å². The first-order chi connectivity index (χ1) is 9.69. The van der Waals surface area contributed by atoms with Crippen molar-refractivity contribution in [1.82, 2.24) is 0 Å². The van der Waals surface area contributed by atoms with E-state index in [1.165, 1.54) is 0 Å². The molecule has 0 saturated carbocycles. The molecule has 1 saturated heterocycles. The predicted molar refractivity (Wildman–Crippen MR) is 64.6 cm³/mol. The van der Waals surface area contributed by atoms with Gasteiger partial charge in [0.15, 0.2) is 12.2 Å². The van der Waals surface area contributed by atoms with Gasteiger partial charge in [-0.1, -0.05) is 0 Å². The van der Waals surface area contributed by atoms with Crippen LogP contribution in [0.3, 0.4) is 0 Å². The van der Waals surface area contributed by atoms with Crippen LogP contribution in [0.15, 0.2) is 0 Å². The van der Waals surface area contributed by atoms with Crippen molar-refractivity contribution in [3.05, 3.63) is 0 Å². The molecule has 9 heteroatoms. The van der Waals surface area contributed by atoms with Crippen LogP contribution in [0.4, 0.5) is 0 Å². The Kier molecular flexibility index (Phi) is 5.64. The molecular weight excluding hydrogens is 288 g/mol. The number of hydrogen-bond acceptors (Lipinski definition) is 9. The van der Waals surface area contributed by atoms with Gasteiger partial charge < -0.3 is 29.2 Å². The molecule has 0 aromatic heterocycles. The fraction of sp³-hybridized carbons (Fsp3) is 0.750. The molecule has 0 spiro atoms. The van der Waals surface area contributed by atoms with Gasteiger partial charge in [0.25, 0.3) is 0 Å². The number of aliphatic hydroxyl groups excluding tert-OH is 1. The average molecular weight is 306 g/mol. The first kappa shape index (κ1) is 17.3. The van der Waals surface area contributed by atoms with Crippen molar-refractivity contribution < 1.29 is 43.5 Å². The number of ether oxygens (including phenoxy) is 4. The molecule has 0 aromatic carbocycles. The van der Waals surface area contributed by atoms with Gasteiger partial charge in [0.1, 0.15) is 12.7 Å². The van der Waals surface area contributed by atoms with Gasteiger partial charge in [0, 0.05) is 20.8 Å². The highest BCUT2D eigenvalue weighted by Gasteiger charge is 2.59. The molecule has 0 aliphatic carbocycles. The molecule has 0 bridgehead atoms. The lowest BCUT2D eigenvalue weighted by atomic mass is 10.1. The molecule has 0 radical (unpaired) electrons. The largest absolute Gasteiger partial charge is 0.460 e. The van der Waals surface area contributed by atoms with Gasteiger partial charge in [-0.3, -0.25) is 14.4 Å². The van der Waals surface area contributed by atoms with E-state index in [9.17, 15) is 24.6 Å². The van der Waals surface area contributed by atoms with E-state index >= 15 is 0 Å². The molecule has 1 fully saturated rings. The van der Waals surface area contributed by atoms with Gasteiger partial charge in [-0.25, -0.2) is 0 Å². The molecule has 1 aliphatic heterocycles. The summed E-state index contributed by atoms with van der Waals surface area (Å²) in [5.74, 6) is -4.38. The third-order valence-electron chi connectivity index (χ3n) is 2.72. The highest BCUT2D eigenvalue weighted by Crippen LogP contribution is 2.34.